The molecule has 0 aliphatic heterocycles. The third-order valence-corrected chi connectivity index (χ3v) is 3.46. The zero-order chi connectivity index (χ0) is 18.9. The van der Waals surface area contributed by atoms with Gasteiger partial charge in [0.05, 0.1) is 11.3 Å². The summed E-state index contributed by atoms with van der Waals surface area (Å²) in [6.45, 7) is 1.55. The van der Waals surface area contributed by atoms with Crippen molar-refractivity contribution in [3.8, 4) is 11.4 Å². The standard InChI is InChI=1S/C15H14F3N7O/c1-9-6-12(24(2)21-9)19-13(26)8-25-22-14(20-23-25)10-4-3-5-11(7-10)15(16,17)18/h3-7H,8H2,1-2H3,(H,19,26). The maximum absolute atomic E-state index is 12.8. The number of rotatable bonds is 4. The first-order chi connectivity index (χ1) is 12.2. The fourth-order valence-electron chi connectivity index (χ4n) is 2.30. The number of amides is 1. The second-order valence-corrected chi connectivity index (χ2v) is 5.56. The lowest BCUT2D eigenvalue weighted by molar-refractivity contribution is -0.137. The van der Waals surface area contributed by atoms with Crippen LogP contribution in [-0.4, -0.2) is 35.9 Å². The van der Waals surface area contributed by atoms with Crippen LogP contribution < -0.4 is 5.32 Å². The molecule has 0 saturated heterocycles. The zero-order valence-corrected chi connectivity index (χ0v) is 13.8. The summed E-state index contributed by atoms with van der Waals surface area (Å²) in [6, 6.07) is 6.28. The Kier molecular flexibility index (Phi) is 4.45. The van der Waals surface area contributed by atoms with Crippen molar-refractivity contribution in [1.82, 2.24) is 30.0 Å². The Bertz CT molecular complexity index is 945. The SMILES string of the molecule is Cc1cc(NC(=O)Cn2nnc(-c3cccc(C(F)(F)F)c3)n2)n(C)n1. The second kappa shape index (κ2) is 6.58. The fraction of sp³-hybridized carbons (Fsp3) is 0.267. The Balaban J connectivity index is 1.72. The molecular weight excluding hydrogens is 351 g/mol. The van der Waals surface area contributed by atoms with Gasteiger partial charge in [-0.15, -0.1) is 10.2 Å². The van der Waals surface area contributed by atoms with Gasteiger partial charge in [0.15, 0.2) is 0 Å². The van der Waals surface area contributed by atoms with Crippen LogP contribution in [0.2, 0.25) is 0 Å². The van der Waals surface area contributed by atoms with E-state index in [0.29, 0.717) is 5.82 Å². The Morgan fingerprint density at radius 3 is 2.65 bits per heavy atom. The Hall–Kier alpha value is -3.24. The Morgan fingerprint density at radius 1 is 1.23 bits per heavy atom. The van der Waals surface area contributed by atoms with Crippen molar-refractivity contribution in [3.63, 3.8) is 0 Å². The van der Waals surface area contributed by atoms with Gasteiger partial charge in [-0.25, -0.2) is 0 Å². The monoisotopic (exact) mass is 365 g/mol. The van der Waals surface area contributed by atoms with Gasteiger partial charge in [-0.3, -0.25) is 9.48 Å². The predicted octanol–water partition coefficient (Wildman–Crippen LogP) is 2.04. The zero-order valence-electron chi connectivity index (χ0n) is 13.8. The first-order valence-corrected chi connectivity index (χ1v) is 7.48. The van der Waals surface area contributed by atoms with Gasteiger partial charge in [0.2, 0.25) is 11.7 Å². The van der Waals surface area contributed by atoms with Crippen LogP contribution in [0.3, 0.4) is 0 Å². The summed E-state index contributed by atoms with van der Waals surface area (Å²) >= 11 is 0. The second-order valence-electron chi connectivity index (χ2n) is 5.56. The molecule has 0 aliphatic rings. The van der Waals surface area contributed by atoms with Crippen LogP contribution in [0, 0.1) is 6.92 Å². The van der Waals surface area contributed by atoms with Gasteiger partial charge < -0.3 is 5.32 Å². The number of aryl methyl sites for hydroxylation is 2. The normalized spacial score (nSPS) is 11.6. The molecule has 0 spiro atoms. The third-order valence-electron chi connectivity index (χ3n) is 3.46. The molecule has 136 valence electrons. The molecule has 1 amide bonds. The molecule has 1 N–H and O–H groups in total. The number of hydrogen-bond donors (Lipinski definition) is 1. The van der Waals surface area contributed by atoms with Crippen molar-refractivity contribution in [2.45, 2.75) is 19.6 Å². The molecule has 3 rings (SSSR count). The van der Waals surface area contributed by atoms with Crippen molar-refractivity contribution in [3.05, 3.63) is 41.6 Å². The maximum Gasteiger partial charge on any atom is 0.416 e. The molecule has 0 radical (unpaired) electrons. The van der Waals surface area contributed by atoms with E-state index in [-0.39, 0.29) is 17.9 Å². The minimum atomic E-state index is -4.47. The first-order valence-electron chi connectivity index (χ1n) is 7.48. The fourth-order valence-corrected chi connectivity index (χ4v) is 2.30. The number of nitrogens with one attached hydrogen (secondary N) is 1. The average molecular weight is 365 g/mol. The first kappa shape index (κ1) is 17.6. The van der Waals surface area contributed by atoms with Crippen molar-refractivity contribution in [1.29, 1.82) is 0 Å². The van der Waals surface area contributed by atoms with Crippen LogP contribution in [0.15, 0.2) is 30.3 Å². The lowest BCUT2D eigenvalue weighted by Crippen LogP contribution is -2.21. The molecule has 2 aromatic heterocycles. The minimum Gasteiger partial charge on any atom is -0.309 e. The largest absolute Gasteiger partial charge is 0.416 e. The molecule has 2 heterocycles. The number of carbonyl (C=O) groups is 1. The third kappa shape index (κ3) is 3.87. The van der Waals surface area contributed by atoms with Crippen LogP contribution in [-0.2, 0) is 24.6 Å². The molecule has 3 aromatic rings. The molecule has 0 bridgehead atoms. The number of alkyl halides is 3. The summed E-state index contributed by atoms with van der Waals surface area (Å²) in [5, 5.41) is 18.1. The number of anilines is 1. The summed E-state index contributed by atoms with van der Waals surface area (Å²) < 4.78 is 39.9. The Labute approximate surface area is 145 Å². The van der Waals surface area contributed by atoms with E-state index in [0.717, 1.165) is 22.6 Å². The predicted molar refractivity (Wildman–Crippen MR) is 84.8 cm³/mol. The molecule has 11 heteroatoms. The van der Waals surface area contributed by atoms with Gasteiger partial charge in [0.25, 0.3) is 0 Å². The van der Waals surface area contributed by atoms with Crippen LogP contribution in [0.4, 0.5) is 19.0 Å². The molecule has 26 heavy (non-hydrogen) atoms. The van der Waals surface area contributed by atoms with Crippen molar-refractivity contribution in [2.75, 3.05) is 5.32 Å². The van der Waals surface area contributed by atoms with E-state index in [4.69, 9.17) is 0 Å². The number of tetrazole rings is 1. The van der Waals surface area contributed by atoms with E-state index in [1.54, 1.807) is 20.0 Å². The molecule has 1 aromatic carbocycles. The lowest BCUT2D eigenvalue weighted by atomic mass is 10.1. The molecule has 0 saturated carbocycles. The van der Waals surface area contributed by atoms with Crippen LogP contribution >= 0.6 is 0 Å². The molecule has 0 atom stereocenters. The molecule has 0 unspecified atom stereocenters. The molecule has 0 aliphatic carbocycles. The molecule has 8 nitrogen and oxygen atoms in total. The van der Waals surface area contributed by atoms with E-state index in [1.807, 2.05) is 0 Å². The smallest absolute Gasteiger partial charge is 0.309 e. The lowest BCUT2D eigenvalue weighted by Gasteiger charge is -2.06. The van der Waals surface area contributed by atoms with E-state index in [9.17, 15) is 18.0 Å². The van der Waals surface area contributed by atoms with Gasteiger partial charge in [0.1, 0.15) is 12.4 Å². The minimum absolute atomic E-state index is 0.000257. The van der Waals surface area contributed by atoms with Crippen molar-refractivity contribution in [2.24, 2.45) is 7.05 Å². The van der Waals surface area contributed by atoms with E-state index in [1.165, 1.54) is 16.8 Å². The number of halogens is 3. The number of aromatic nitrogens is 6. The number of benzene rings is 1. The highest BCUT2D eigenvalue weighted by molar-refractivity contribution is 5.89. The molecule has 0 fully saturated rings. The topological polar surface area (TPSA) is 90.5 Å². The number of carbonyl (C=O) groups excluding carboxylic acids is 1. The summed E-state index contributed by atoms with van der Waals surface area (Å²) in [4.78, 5) is 13.1. The van der Waals surface area contributed by atoms with Crippen molar-refractivity contribution >= 4 is 11.7 Å². The highest BCUT2D eigenvalue weighted by Crippen LogP contribution is 2.31. The van der Waals surface area contributed by atoms with Gasteiger partial charge in [0, 0.05) is 18.7 Å². The van der Waals surface area contributed by atoms with Gasteiger partial charge >= 0.3 is 6.18 Å². The molecular formula is C15H14F3N7O. The maximum atomic E-state index is 12.8. The summed E-state index contributed by atoms with van der Waals surface area (Å²) in [5.41, 5.74) is 0.0953. The van der Waals surface area contributed by atoms with Crippen molar-refractivity contribution < 1.29 is 18.0 Å². The highest BCUT2D eigenvalue weighted by atomic mass is 19.4. The van der Waals surface area contributed by atoms with E-state index < -0.39 is 17.6 Å². The van der Waals surface area contributed by atoms with Crippen LogP contribution in [0.1, 0.15) is 11.3 Å². The number of hydrogen-bond acceptors (Lipinski definition) is 5. The Morgan fingerprint density at radius 2 is 2.00 bits per heavy atom. The summed E-state index contributed by atoms with van der Waals surface area (Å²) in [5.74, 6) is 0.0898. The van der Waals surface area contributed by atoms with E-state index in [2.05, 4.69) is 25.8 Å². The van der Waals surface area contributed by atoms with Crippen LogP contribution in [0.25, 0.3) is 11.4 Å². The van der Waals surface area contributed by atoms with Crippen LogP contribution in [0.5, 0.6) is 0 Å². The quantitative estimate of drug-likeness (QED) is 0.764. The van der Waals surface area contributed by atoms with E-state index >= 15 is 0 Å². The number of nitrogens with zero attached hydrogens (tertiary/aromatic N) is 6. The highest BCUT2D eigenvalue weighted by Gasteiger charge is 2.30. The summed E-state index contributed by atoms with van der Waals surface area (Å²) in [7, 11) is 1.68. The van der Waals surface area contributed by atoms with Gasteiger partial charge in [-0.05, 0) is 24.3 Å². The average Bonchev–Trinajstić information content (AvgIpc) is 3.13. The summed E-state index contributed by atoms with van der Waals surface area (Å²) in [6.07, 6.45) is -4.47. The van der Waals surface area contributed by atoms with Gasteiger partial charge in [-0.1, -0.05) is 12.1 Å². The van der Waals surface area contributed by atoms with Gasteiger partial charge in [-0.2, -0.15) is 23.1 Å².